The van der Waals surface area contributed by atoms with Gasteiger partial charge in [0, 0.05) is 29.4 Å². The molecule has 1 unspecified atom stereocenters. The molecule has 1 heterocycles. The first-order chi connectivity index (χ1) is 7.18. The number of hydrogen-bond acceptors (Lipinski definition) is 4. The van der Waals surface area contributed by atoms with Crippen molar-refractivity contribution in [2.75, 3.05) is 11.5 Å². The zero-order valence-corrected chi connectivity index (χ0v) is 11.3. The molecule has 0 aliphatic carbocycles. The van der Waals surface area contributed by atoms with Crippen LogP contribution >= 0.6 is 23.1 Å². The normalized spacial score (nSPS) is 13.3. The van der Waals surface area contributed by atoms with Crippen LogP contribution in [-0.4, -0.2) is 22.5 Å². The van der Waals surface area contributed by atoms with E-state index in [1.807, 2.05) is 23.5 Å². The second-order valence-electron chi connectivity index (χ2n) is 4.18. The molecule has 0 fully saturated rings. The molecule has 0 radical (unpaired) electrons. The number of hydrogen-bond donors (Lipinski definition) is 1. The second kappa shape index (κ2) is 7.25. The average Bonchev–Trinajstić information content (AvgIpc) is 2.66. The Kier molecular flexibility index (Phi) is 6.29. The van der Waals surface area contributed by atoms with E-state index in [-0.39, 0.29) is 0 Å². The Bertz CT molecular complexity index is 247. The zero-order valence-electron chi connectivity index (χ0n) is 9.69. The van der Waals surface area contributed by atoms with E-state index < -0.39 is 0 Å². The lowest BCUT2D eigenvalue weighted by molar-refractivity contribution is 0.599. The summed E-state index contributed by atoms with van der Waals surface area (Å²) < 4.78 is 0. The fraction of sp³-hybridized carbons (Fsp3) is 0.727. The molecule has 1 atom stereocenters. The summed E-state index contributed by atoms with van der Waals surface area (Å²) >= 11 is 3.75. The van der Waals surface area contributed by atoms with Gasteiger partial charge in [0.05, 0.1) is 5.51 Å². The maximum absolute atomic E-state index is 4.06. The van der Waals surface area contributed by atoms with Crippen LogP contribution in [0.4, 0.5) is 0 Å². The molecule has 1 rings (SSSR count). The number of aromatic nitrogens is 1. The molecule has 0 bridgehead atoms. The van der Waals surface area contributed by atoms with Gasteiger partial charge in [0.25, 0.3) is 0 Å². The third kappa shape index (κ3) is 6.17. The van der Waals surface area contributed by atoms with Gasteiger partial charge in [-0.15, -0.1) is 11.3 Å². The minimum absolute atomic E-state index is 0.579. The summed E-state index contributed by atoms with van der Waals surface area (Å²) in [7, 11) is 0. The van der Waals surface area contributed by atoms with E-state index in [1.165, 1.54) is 16.4 Å². The summed E-state index contributed by atoms with van der Waals surface area (Å²) in [4.78, 5) is 5.37. The van der Waals surface area contributed by atoms with Crippen LogP contribution in [0.3, 0.4) is 0 Å². The Morgan fingerprint density at radius 2 is 2.20 bits per heavy atom. The predicted octanol–water partition coefficient (Wildman–Crippen LogP) is 3.01. The van der Waals surface area contributed by atoms with Crippen LogP contribution < -0.4 is 5.32 Å². The first-order valence-electron chi connectivity index (χ1n) is 5.37. The summed E-state index contributed by atoms with van der Waals surface area (Å²) in [6.45, 7) is 7.73. The zero-order chi connectivity index (χ0) is 11.1. The second-order valence-corrected chi connectivity index (χ2v) is 6.23. The molecule has 2 nitrogen and oxygen atoms in total. The van der Waals surface area contributed by atoms with Gasteiger partial charge >= 0.3 is 0 Å². The van der Waals surface area contributed by atoms with Gasteiger partial charge in [-0.05, 0) is 18.6 Å². The maximum Gasteiger partial charge on any atom is 0.0794 e. The monoisotopic (exact) mass is 244 g/mol. The highest BCUT2D eigenvalue weighted by molar-refractivity contribution is 7.99. The van der Waals surface area contributed by atoms with Gasteiger partial charge < -0.3 is 5.32 Å². The summed E-state index contributed by atoms with van der Waals surface area (Å²) in [5.74, 6) is 3.24. The Hall–Kier alpha value is -0.0600. The van der Waals surface area contributed by atoms with Gasteiger partial charge in [0.2, 0.25) is 0 Å². The van der Waals surface area contributed by atoms with E-state index >= 15 is 0 Å². The third-order valence-electron chi connectivity index (χ3n) is 1.93. The Balaban J connectivity index is 2.06. The van der Waals surface area contributed by atoms with Crippen molar-refractivity contribution < 1.29 is 0 Å². The van der Waals surface area contributed by atoms with Crippen LogP contribution in [0.15, 0.2) is 11.7 Å². The van der Waals surface area contributed by atoms with Crippen molar-refractivity contribution in [3.63, 3.8) is 0 Å². The summed E-state index contributed by atoms with van der Waals surface area (Å²) in [5.41, 5.74) is 1.88. The molecular formula is C11H20N2S2. The molecule has 4 heteroatoms. The highest BCUT2D eigenvalue weighted by Crippen LogP contribution is 2.10. The molecule has 0 saturated heterocycles. The molecule has 1 N–H and O–H groups in total. The van der Waals surface area contributed by atoms with Crippen molar-refractivity contribution in [2.45, 2.75) is 33.4 Å². The SMILES string of the molecule is CC(C)CSCC(C)NCc1cncs1. The van der Waals surface area contributed by atoms with Crippen molar-refractivity contribution in [1.29, 1.82) is 0 Å². The molecule has 1 aromatic rings. The van der Waals surface area contributed by atoms with Gasteiger partial charge in [-0.1, -0.05) is 13.8 Å². The van der Waals surface area contributed by atoms with E-state index in [1.54, 1.807) is 11.3 Å². The molecule has 0 aliphatic heterocycles. The van der Waals surface area contributed by atoms with Gasteiger partial charge in [-0.3, -0.25) is 4.98 Å². The molecule has 1 aromatic heterocycles. The quantitative estimate of drug-likeness (QED) is 0.798. The number of rotatable bonds is 7. The van der Waals surface area contributed by atoms with E-state index in [4.69, 9.17) is 0 Å². The van der Waals surface area contributed by atoms with Crippen molar-refractivity contribution in [3.05, 3.63) is 16.6 Å². The summed E-state index contributed by atoms with van der Waals surface area (Å²) in [6.07, 6.45) is 1.94. The summed E-state index contributed by atoms with van der Waals surface area (Å²) in [5, 5.41) is 3.51. The van der Waals surface area contributed by atoms with Crippen molar-refractivity contribution in [3.8, 4) is 0 Å². The highest BCUT2D eigenvalue weighted by atomic mass is 32.2. The predicted molar refractivity (Wildman–Crippen MR) is 70.6 cm³/mol. The van der Waals surface area contributed by atoms with E-state index in [0.29, 0.717) is 6.04 Å². The molecular weight excluding hydrogens is 224 g/mol. The van der Waals surface area contributed by atoms with Crippen molar-refractivity contribution >= 4 is 23.1 Å². The van der Waals surface area contributed by atoms with Crippen molar-refractivity contribution in [2.24, 2.45) is 5.92 Å². The lowest BCUT2D eigenvalue weighted by Crippen LogP contribution is -2.27. The number of nitrogens with zero attached hydrogens (tertiary/aromatic N) is 1. The average molecular weight is 244 g/mol. The molecule has 0 spiro atoms. The first-order valence-corrected chi connectivity index (χ1v) is 7.40. The smallest absolute Gasteiger partial charge is 0.0794 e. The topological polar surface area (TPSA) is 24.9 Å². The van der Waals surface area contributed by atoms with Crippen LogP contribution in [0, 0.1) is 5.92 Å². The van der Waals surface area contributed by atoms with Crippen molar-refractivity contribution in [1.82, 2.24) is 10.3 Å². The van der Waals surface area contributed by atoms with Crippen LogP contribution in [0.1, 0.15) is 25.6 Å². The number of thioether (sulfide) groups is 1. The first kappa shape index (κ1) is 13.0. The van der Waals surface area contributed by atoms with E-state index in [2.05, 4.69) is 31.1 Å². The Labute approximate surface area is 101 Å². The van der Waals surface area contributed by atoms with E-state index in [9.17, 15) is 0 Å². The van der Waals surface area contributed by atoms with Crippen LogP contribution in [0.25, 0.3) is 0 Å². The fourth-order valence-electron chi connectivity index (χ4n) is 1.14. The van der Waals surface area contributed by atoms with Crippen LogP contribution in [0.2, 0.25) is 0 Å². The Morgan fingerprint density at radius 1 is 1.40 bits per heavy atom. The third-order valence-corrected chi connectivity index (χ3v) is 4.34. The van der Waals surface area contributed by atoms with Crippen LogP contribution in [-0.2, 0) is 6.54 Å². The number of nitrogens with one attached hydrogen (secondary N) is 1. The Morgan fingerprint density at radius 3 is 2.80 bits per heavy atom. The molecule has 0 aliphatic rings. The molecule has 86 valence electrons. The van der Waals surface area contributed by atoms with Crippen LogP contribution in [0.5, 0.6) is 0 Å². The molecule has 0 saturated carbocycles. The largest absolute Gasteiger partial charge is 0.309 e. The van der Waals surface area contributed by atoms with Gasteiger partial charge in [0.15, 0.2) is 0 Å². The standard InChI is InChI=1S/C11H20N2S2/c1-9(2)6-14-7-10(3)13-5-11-4-12-8-15-11/h4,8-10,13H,5-7H2,1-3H3. The van der Waals surface area contributed by atoms with E-state index in [0.717, 1.165) is 12.5 Å². The molecule has 15 heavy (non-hydrogen) atoms. The lowest BCUT2D eigenvalue weighted by Gasteiger charge is -2.13. The van der Waals surface area contributed by atoms with Gasteiger partial charge in [0.1, 0.15) is 0 Å². The van der Waals surface area contributed by atoms with Gasteiger partial charge in [-0.2, -0.15) is 11.8 Å². The fourth-order valence-corrected chi connectivity index (χ4v) is 2.77. The summed E-state index contributed by atoms with van der Waals surface area (Å²) in [6, 6.07) is 0.579. The molecule has 0 amide bonds. The lowest BCUT2D eigenvalue weighted by atomic mass is 10.3. The van der Waals surface area contributed by atoms with Gasteiger partial charge in [-0.25, -0.2) is 0 Å². The highest BCUT2D eigenvalue weighted by Gasteiger charge is 2.03. The molecule has 0 aromatic carbocycles. The number of thiazole rings is 1. The minimum Gasteiger partial charge on any atom is -0.309 e. The maximum atomic E-state index is 4.06. The minimum atomic E-state index is 0.579.